The van der Waals surface area contributed by atoms with Gasteiger partial charge >= 0.3 is 0 Å². The van der Waals surface area contributed by atoms with Crippen molar-refractivity contribution in [3.63, 3.8) is 0 Å². The molecule has 54 heavy (non-hydrogen) atoms. The first-order chi connectivity index (χ1) is 26.1. The molecule has 2 saturated heterocycles. The van der Waals surface area contributed by atoms with Crippen molar-refractivity contribution in [3.05, 3.63) is 46.5 Å². The van der Waals surface area contributed by atoms with Gasteiger partial charge in [0.15, 0.2) is 0 Å². The molecule has 2 fully saturated rings. The number of benzene rings is 2. The van der Waals surface area contributed by atoms with Crippen molar-refractivity contribution in [2.24, 2.45) is 23.5 Å². The fraction of sp³-hybridized carbons (Fsp3) is 0.471. The normalized spacial score (nSPS) is 18.3. The standard InChI is InChI=1S/C34H40N8O8S4/c35-39-29(45)23(5-1-3-11-37-27(43)17-13-51-52-14-17)41-31(47)19-7-9-21-26-22(10-8-20(25(19)26)32(41)48)34(50)42(33(21)49)24(30(46)40-36)6-2-4-12-38-28(44)18-15-53-54-16-18/h7-10,17-18,23-24H,1-6,11-16,35-36H2,(H,37,43)(H,38,44)(H,39,45)(H,40,46)/t23-,24-/m0/s1. The molecule has 0 aromatic heterocycles. The van der Waals surface area contributed by atoms with Gasteiger partial charge in [0.25, 0.3) is 35.4 Å². The summed E-state index contributed by atoms with van der Waals surface area (Å²) in [5, 5.41) is 6.00. The van der Waals surface area contributed by atoms with E-state index >= 15 is 0 Å². The number of carbonyl (C=O) groups is 8. The highest BCUT2D eigenvalue weighted by molar-refractivity contribution is 8.77. The molecule has 0 unspecified atom stereocenters. The Labute approximate surface area is 326 Å². The van der Waals surface area contributed by atoms with E-state index in [9.17, 15) is 38.4 Å². The maximum atomic E-state index is 14.0. The zero-order valence-corrected chi connectivity index (χ0v) is 32.3. The number of carbonyl (C=O) groups excluding carboxylic acids is 8. The molecule has 0 aliphatic carbocycles. The van der Waals surface area contributed by atoms with E-state index in [-0.39, 0.29) is 69.5 Å². The molecule has 2 atom stereocenters. The lowest BCUT2D eigenvalue weighted by molar-refractivity contribution is -0.126. The molecule has 8 N–H and O–H groups in total. The third kappa shape index (κ3) is 7.95. The van der Waals surface area contributed by atoms with E-state index in [2.05, 4.69) is 10.6 Å². The van der Waals surface area contributed by atoms with E-state index in [1.165, 1.54) is 24.3 Å². The highest BCUT2D eigenvalue weighted by Gasteiger charge is 2.45. The van der Waals surface area contributed by atoms with Gasteiger partial charge in [0.1, 0.15) is 12.1 Å². The van der Waals surface area contributed by atoms with Crippen LogP contribution in [0.1, 0.15) is 80.0 Å². The van der Waals surface area contributed by atoms with E-state index in [1.54, 1.807) is 43.2 Å². The zero-order valence-electron chi connectivity index (χ0n) is 29.1. The van der Waals surface area contributed by atoms with Crippen molar-refractivity contribution in [3.8, 4) is 0 Å². The van der Waals surface area contributed by atoms with Crippen LogP contribution in [0.15, 0.2) is 24.3 Å². The van der Waals surface area contributed by atoms with Gasteiger partial charge in [-0.2, -0.15) is 0 Å². The summed E-state index contributed by atoms with van der Waals surface area (Å²) in [6.07, 6.45) is 1.88. The monoisotopic (exact) mass is 816 g/mol. The molecule has 4 aliphatic heterocycles. The van der Waals surface area contributed by atoms with Gasteiger partial charge < -0.3 is 10.6 Å². The highest BCUT2D eigenvalue weighted by atomic mass is 33.1. The Kier molecular flexibility index (Phi) is 13.1. The number of hydrogen-bond donors (Lipinski definition) is 6. The van der Waals surface area contributed by atoms with Crippen LogP contribution in [0.3, 0.4) is 0 Å². The van der Waals surface area contributed by atoms with Gasteiger partial charge in [0, 0.05) is 69.1 Å². The summed E-state index contributed by atoms with van der Waals surface area (Å²) in [7, 11) is 6.62. The van der Waals surface area contributed by atoms with E-state index < -0.39 is 47.5 Å². The largest absolute Gasteiger partial charge is 0.356 e. The molecule has 0 saturated carbocycles. The fourth-order valence-corrected chi connectivity index (χ4v) is 12.5. The molecule has 0 radical (unpaired) electrons. The maximum Gasteiger partial charge on any atom is 0.262 e. The summed E-state index contributed by atoms with van der Waals surface area (Å²) in [6.45, 7) is 0.725. The maximum absolute atomic E-state index is 14.0. The Balaban J connectivity index is 1.18. The minimum atomic E-state index is -1.27. The number of rotatable bonds is 16. The number of nitrogens with two attached hydrogens (primary N) is 2. The summed E-state index contributed by atoms with van der Waals surface area (Å²) in [6, 6.07) is 2.93. The van der Waals surface area contributed by atoms with Crippen molar-refractivity contribution < 1.29 is 38.4 Å². The SMILES string of the molecule is NNC(=O)[C@H](CCCCNC(=O)C1CSSC1)N1C(=O)c2ccc3c4c(ccc(c24)C1=O)C(=O)N([C@@H](CCCCNC(=O)C1CSSC1)C(=O)NN)C3=O. The van der Waals surface area contributed by atoms with Gasteiger partial charge in [0.05, 0.1) is 11.8 Å². The van der Waals surface area contributed by atoms with Crippen LogP contribution in [0.2, 0.25) is 0 Å². The molecule has 0 spiro atoms. The Morgan fingerprint density at radius 1 is 0.574 bits per heavy atom. The molecule has 4 aliphatic rings. The van der Waals surface area contributed by atoms with Crippen LogP contribution in [0.5, 0.6) is 0 Å². The van der Waals surface area contributed by atoms with Crippen LogP contribution in [-0.4, -0.2) is 105 Å². The van der Waals surface area contributed by atoms with Gasteiger partial charge in [-0.1, -0.05) is 43.2 Å². The second kappa shape index (κ2) is 17.8. The molecule has 288 valence electrons. The average Bonchev–Trinajstić information content (AvgIpc) is 3.93. The number of imide groups is 2. The summed E-state index contributed by atoms with van der Waals surface area (Å²) < 4.78 is 0. The van der Waals surface area contributed by atoms with E-state index in [1.807, 2.05) is 10.9 Å². The number of nitrogens with one attached hydrogen (secondary N) is 4. The van der Waals surface area contributed by atoms with Crippen LogP contribution in [0.4, 0.5) is 0 Å². The lowest BCUT2D eigenvalue weighted by Crippen LogP contribution is -2.56. The average molecular weight is 817 g/mol. The molecule has 8 amide bonds. The van der Waals surface area contributed by atoms with Crippen LogP contribution in [-0.2, 0) is 19.2 Å². The third-order valence-corrected chi connectivity index (χ3v) is 15.0. The first-order valence-corrected chi connectivity index (χ1v) is 22.5. The number of amides is 8. The third-order valence-electron chi connectivity index (χ3n) is 9.86. The van der Waals surface area contributed by atoms with Gasteiger partial charge in [-0.15, -0.1) is 0 Å². The Morgan fingerprint density at radius 2 is 0.889 bits per heavy atom. The van der Waals surface area contributed by atoms with Crippen LogP contribution in [0.25, 0.3) is 10.8 Å². The Bertz CT molecular complexity index is 1680. The predicted molar refractivity (Wildman–Crippen MR) is 208 cm³/mol. The number of hydrazine groups is 2. The summed E-state index contributed by atoms with van der Waals surface area (Å²) in [5.41, 5.74) is 4.16. The van der Waals surface area contributed by atoms with Crippen LogP contribution in [0, 0.1) is 11.8 Å². The van der Waals surface area contributed by atoms with Crippen molar-refractivity contribution in [1.29, 1.82) is 0 Å². The van der Waals surface area contributed by atoms with E-state index in [4.69, 9.17) is 11.7 Å². The molecule has 4 heterocycles. The van der Waals surface area contributed by atoms with Gasteiger partial charge in [-0.05, 0) is 62.8 Å². The molecular formula is C34H40N8O8S4. The second-order valence-electron chi connectivity index (χ2n) is 13.2. The Morgan fingerprint density at radius 3 is 1.19 bits per heavy atom. The topological polar surface area (TPSA) is 243 Å². The Hall–Kier alpha value is -3.82. The van der Waals surface area contributed by atoms with Crippen molar-refractivity contribution >= 4 is 101 Å². The quantitative estimate of drug-likeness (QED) is 0.0350. The first kappa shape index (κ1) is 39.9. The second-order valence-corrected chi connectivity index (χ2v) is 18.3. The number of nitrogens with zero attached hydrogens (tertiary/aromatic N) is 2. The summed E-state index contributed by atoms with van der Waals surface area (Å²) in [5.74, 6) is 9.10. The predicted octanol–water partition coefficient (Wildman–Crippen LogP) is 1.34. The van der Waals surface area contributed by atoms with Crippen LogP contribution >= 0.6 is 43.2 Å². The lowest BCUT2D eigenvalue weighted by atomic mass is 9.84. The molecular weight excluding hydrogens is 777 g/mol. The van der Waals surface area contributed by atoms with E-state index in [0.717, 1.165) is 32.8 Å². The molecule has 0 bridgehead atoms. The summed E-state index contributed by atoms with van der Waals surface area (Å²) >= 11 is 0. The molecule has 2 aromatic rings. The number of hydrogen-bond acceptors (Lipinski definition) is 14. The molecule has 20 heteroatoms. The van der Waals surface area contributed by atoms with Gasteiger partial charge in [-0.25, -0.2) is 11.7 Å². The van der Waals surface area contributed by atoms with Crippen molar-refractivity contribution in [1.82, 2.24) is 31.3 Å². The smallest absolute Gasteiger partial charge is 0.262 e. The van der Waals surface area contributed by atoms with Crippen molar-refractivity contribution in [2.45, 2.75) is 50.6 Å². The fourth-order valence-electron chi connectivity index (χ4n) is 6.98. The first-order valence-electron chi connectivity index (χ1n) is 17.5. The van der Waals surface area contributed by atoms with Crippen molar-refractivity contribution in [2.75, 3.05) is 36.1 Å². The molecule has 6 rings (SSSR count). The molecule has 2 aromatic carbocycles. The van der Waals surface area contributed by atoms with Crippen LogP contribution < -0.4 is 33.2 Å². The lowest BCUT2D eigenvalue weighted by Gasteiger charge is -2.36. The van der Waals surface area contributed by atoms with Gasteiger partial charge in [0.2, 0.25) is 11.8 Å². The highest BCUT2D eigenvalue weighted by Crippen LogP contribution is 2.40. The number of unbranched alkanes of at least 4 members (excludes halogenated alkanes) is 2. The minimum absolute atomic E-state index is 0.0155. The minimum Gasteiger partial charge on any atom is -0.356 e. The van der Waals surface area contributed by atoms with E-state index in [0.29, 0.717) is 38.8 Å². The van der Waals surface area contributed by atoms with Gasteiger partial charge in [-0.3, -0.25) is 59.0 Å². The summed E-state index contributed by atoms with van der Waals surface area (Å²) in [4.78, 5) is 109. The molecule has 16 nitrogen and oxygen atoms in total. The zero-order chi connectivity index (χ0) is 38.5.